The Morgan fingerprint density at radius 2 is 1.88 bits per heavy atom. The van der Waals surface area contributed by atoms with Crippen LogP contribution in [-0.4, -0.2) is 34.5 Å². The summed E-state index contributed by atoms with van der Waals surface area (Å²) in [6, 6.07) is 18.5. The maximum absolute atomic E-state index is 6.18. The predicted octanol–water partition coefficient (Wildman–Crippen LogP) is 5.03. The molecule has 1 aliphatic carbocycles. The lowest BCUT2D eigenvalue weighted by molar-refractivity contribution is 0.186. The maximum atomic E-state index is 6.18. The van der Waals surface area contributed by atoms with Crippen LogP contribution in [0, 0.1) is 0 Å². The van der Waals surface area contributed by atoms with E-state index in [1.165, 1.54) is 18.5 Å². The molecule has 1 aromatic carbocycles. The molecule has 0 spiro atoms. The molecular formula is C26H30N4O2S. The van der Waals surface area contributed by atoms with Crippen molar-refractivity contribution in [3.8, 4) is 5.75 Å². The largest absolute Gasteiger partial charge is 0.490 e. The summed E-state index contributed by atoms with van der Waals surface area (Å²) in [5.41, 5.74) is 3.17. The number of nitrogens with one attached hydrogen (secondary N) is 1. The van der Waals surface area contributed by atoms with E-state index in [0.717, 1.165) is 36.5 Å². The van der Waals surface area contributed by atoms with Crippen molar-refractivity contribution in [1.29, 1.82) is 0 Å². The zero-order valence-corrected chi connectivity index (χ0v) is 19.7. The van der Waals surface area contributed by atoms with Crippen LogP contribution in [0.5, 0.6) is 5.75 Å². The van der Waals surface area contributed by atoms with Gasteiger partial charge in [0.25, 0.3) is 0 Å². The van der Waals surface area contributed by atoms with Crippen molar-refractivity contribution in [3.63, 3.8) is 0 Å². The molecule has 2 unspecified atom stereocenters. The van der Waals surface area contributed by atoms with E-state index in [1.54, 1.807) is 7.11 Å². The molecule has 1 saturated carbocycles. The highest BCUT2D eigenvalue weighted by Crippen LogP contribution is 2.42. The van der Waals surface area contributed by atoms with Crippen LogP contribution in [0.25, 0.3) is 0 Å². The highest BCUT2D eigenvalue weighted by molar-refractivity contribution is 7.80. The average molecular weight is 463 g/mol. The van der Waals surface area contributed by atoms with Gasteiger partial charge in [-0.3, -0.25) is 4.98 Å². The van der Waals surface area contributed by atoms with Gasteiger partial charge in [0.15, 0.2) is 5.11 Å². The van der Waals surface area contributed by atoms with Crippen LogP contribution in [0.3, 0.4) is 0 Å². The van der Waals surface area contributed by atoms with E-state index in [0.29, 0.717) is 17.8 Å². The number of methoxy groups -OCH3 is 1. The lowest BCUT2D eigenvalue weighted by Crippen LogP contribution is -2.30. The highest BCUT2D eigenvalue weighted by atomic mass is 32.1. The van der Waals surface area contributed by atoms with Crippen molar-refractivity contribution in [2.75, 3.05) is 18.6 Å². The maximum Gasteiger partial charge on any atom is 0.174 e. The monoisotopic (exact) mass is 462 g/mol. The third kappa shape index (κ3) is 4.61. The zero-order chi connectivity index (χ0) is 22.6. The van der Waals surface area contributed by atoms with Gasteiger partial charge in [0, 0.05) is 37.4 Å². The Balaban J connectivity index is 1.48. The summed E-state index contributed by atoms with van der Waals surface area (Å²) in [5, 5.41) is 4.23. The number of thiocarbonyl (C=S) groups is 1. The topological polar surface area (TPSA) is 51.5 Å². The lowest BCUT2D eigenvalue weighted by Gasteiger charge is -2.29. The molecule has 33 heavy (non-hydrogen) atoms. The summed E-state index contributed by atoms with van der Waals surface area (Å²) in [5.74, 6) is 0.921. The van der Waals surface area contributed by atoms with Gasteiger partial charge in [0.2, 0.25) is 0 Å². The van der Waals surface area contributed by atoms with Gasteiger partial charge in [-0.15, -0.1) is 0 Å². The molecule has 6 nitrogen and oxygen atoms in total. The first-order valence-electron chi connectivity index (χ1n) is 11.7. The van der Waals surface area contributed by atoms with Crippen LogP contribution in [0.2, 0.25) is 0 Å². The average Bonchev–Trinajstić information content (AvgIpc) is 3.59. The standard InChI is InChI=1S/C26H30N4O2S/c1-31-18-17-29-16-6-10-23(29)25-24(22-9-4-5-15-27-22)28-26(33)30(25)19-11-13-21(14-12-19)32-20-7-2-3-8-20/h4-6,9-16,20,24-25H,2-3,7-8,17-18H2,1H3,(H,28,33). The molecule has 7 heteroatoms. The van der Waals surface area contributed by atoms with Crippen LogP contribution in [0.4, 0.5) is 5.69 Å². The molecule has 5 rings (SSSR count). The molecule has 2 aliphatic rings. The summed E-state index contributed by atoms with van der Waals surface area (Å²) in [6.07, 6.45) is 9.09. The lowest BCUT2D eigenvalue weighted by atomic mass is 10.0. The minimum absolute atomic E-state index is 0.0409. The minimum atomic E-state index is -0.0655. The van der Waals surface area contributed by atoms with Crippen LogP contribution in [-0.2, 0) is 11.3 Å². The molecule has 0 radical (unpaired) electrons. The fourth-order valence-corrected chi connectivity index (χ4v) is 5.25. The van der Waals surface area contributed by atoms with Crippen molar-refractivity contribution in [1.82, 2.24) is 14.9 Å². The van der Waals surface area contributed by atoms with Crippen molar-refractivity contribution >= 4 is 23.0 Å². The second-order valence-corrected chi connectivity index (χ2v) is 9.02. The first-order valence-corrected chi connectivity index (χ1v) is 12.1. The molecule has 1 saturated heterocycles. The molecule has 172 valence electrons. The Kier molecular flexibility index (Phi) is 6.60. The van der Waals surface area contributed by atoms with Gasteiger partial charge in [-0.2, -0.15) is 0 Å². The number of anilines is 1. The van der Waals surface area contributed by atoms with E-state index in [-0.39, 0.29) is 12.1 Å². The van der Waals surface area contributed by atoms with Gasteiger partial charge < -0.3 is 24.3 Å². The molecular weight excluding hydrogens is 432 g/mol. The van der Waals surface area contributed by atoms with Gasteiger partial charge in [-0.05, 0) is 86.4 Å². The molecule has 1 N–H and O–H groups in total. The van der Waals surface area contributed by atoms with Gasteiger partial charge >= 0.3 is 0 Å². The van der Waals surface area contributed by atoms with Crippen LogP contribution in [0.1, 0.15) is 49.2 Å². The number of hydrogen-bond donors (Lipinski definition) is 1. The molecule has 3 heterocycles. The Hall–Kier alpha value is -2.90. The van der Waals surface area contributed by atoms with Crippen molar-refractivity contribution < 1.29 is 9.47 Å². The zero-order valence-electron chi connectivity index (χ0n) is 18.9. The van der Waals surface area contributed by atoms with E-state index in [2.05, 4.69) is 68.4 Å². The number of aromatic nitrogens is 2. The first kappa shape index (κ1) is 21.9. The third-order valence-corrected chi connectivity index (χ3v) is 6.84. The minimum Gasteiger partial charge on any atom is -0.490 e. The summed E-state index contributed by atoms with van der Waals surface area (Å²) in [6.45, 7) is 1.42. The second-order valence-electron chi connectivity index (χ2n) is 8.63. The Morgan fingerprint density at radius 1 is 1.06 bits per heavy atom. The molecule has 0 amide bonds. The highest BCUT2D eigenvalue weighted by Gasteiger charge is 2.42. The summed E-state index contributed by atoms with van der Waals surface area (Å²) in [7, 11) is 1.73. The van der Waals surface area contributed by atoms with E-state index in [9.17, 15) is 0 Å². The van der Waals surface area contributed by atoms with Crippen LogP contribution < -0.4 is 15.0 Å². The number of ether oxygens (including phenoxy) is 2. The van der Waals surface area contributed by atoms with Crippen LogP contribution in [0.15, 0.2) is 67.0 Å². The SMILES string of the molecule is COCCn1cccc1C1C(c2ccccn2)NC(=S)N1c1ccc(OC2CCCC2)cc1. The molecule has 2 fully saturated rings. The summed E-state index contributed by atoms with van der Waals surface area (Å²) in [4.78, 5) is 6.85. The third-order valence-electron chi connectivity index (χ3n) is 6.52. The van der Waals surface area contributed by atoms with Gasteiger partial charge in [0.05, 0.1) is 24.4 Å². The molecule has 2 atom stereocenters. The van der Waals surface area contributed by atoms with Crippen molar-refractivity contribution in [3.05, 3.63) is 78.4 Å². The normalized spacial score (nSPS) is 20.9. The van der Waals surface area contributed by atoms with Gasteiger partial charge in [-0.1, -0.05) is 6.07 Å². The van der Waals surface area contributed by atoms with Crippen LogP contribution >= 0.6 is 12.2 Å². The van der Waals surface area contributed by atoms with Crippen molar-refractivity contribution in [2.45, 2.75) is 50.4 Å². The number of nitrogens with zero attached hydrogens (tertiary/aromatic N) is 3. The van der Waals surface area contributed by atoms with E-state index in [1.807, 2.05) is 18.3 Å². The van der Waals surface area contributed by atoms with E-state index < -0.39 is 0 Å². The predicted molar refractivity (Wildman–Crippen MR) is 134 cm³/mol. The fraction of sp³-hybridized carbons (Fsp3) is 0.385. The number of rotatable bonds is 8. The first-order chi connectivity index (χ1) is 16.2. The number of pyridine rings is 1. The van der Waals surface area contributed by atoms with E-state index >= 15 is 0 Å². The molecule has 0 bridgehead atoms. The second kappa shape index (κ2) is 9.93. The smallest absolute Gasteiger partial charge is 0.174 e. The summed E-state index contributed by atoms with van der Waals surface area (Å²) < 4.78 is 13.8. The molecule has 2 aromatic heterocycles. The van der Waals surface area contributed by atoms with E-state index in [4.69, 9.17) is 21.7 Å². The molecule has 1 aliphatic heterocycles. The molecule has 3 aromatic rings. The quantitative estimate of drug-likeness (QED) is 0.474. The fourth-order valence-electron chi connectivity index (χ4n) is 4.91. The number of hydrogen-bond acceptors (Lipinski definition) is 4. The Morgan fingerprint density at radius 3 is 2.61 bits per heavy atom. The Labute approximate surface area is 200 Å². The Bertz CT molecular complexity index is 1060. The van der Waals surface area contributed by atoms with Crippen molar-refractivity contribution in [2.24, 2.45) is 0 Å². The summed E-state index contributed by atoms with van der Waals surface area (Å²) >= 11 is 5.85. The van der Waals surface area contributed by atoms with Gasteiger partial charge in [0.1, 0.15) is 11.8 Å². The van der Waals surface area contributed by atoms with Gasteiger partial charge in [-0.25, -0.2) is 0 Å². The number of benzene rings is 1.